The maximum atomic E-state index is 11.8. The molecule has 2 rings (SSSR count). The van der Waals surface area contributed by atoms with Crippen LogP contribution in [0.2, 0.25) is 0 Å². The van der Waals surface area contributed by atoms with Gasteiger partial charge in [-0.2, -0.15) is 0 Å². The van der Waals surface area contributed by atoms with Crippen molar-refractivity contribution in [3.8, 4) is 5.75 Å². The lowest BCUT2D eigenvalue weighted by Gasteiger charge is -2.22. The van der Waals surface area contributed by atoms with Crippen molar-refractivity contribution in [2.24, 2.45) is 5.92 Å². The highest BCUT2D eigenvalue weighted by Crippen LogP contribution is 2.25. The Bertz CT molecular complexity index is 452. The van der Waals surface area contributed by atoms with Crippen LogP contribution in [0.15, 0.2) is 30.3 Å². The Balaban J connectivity index is 1.57. The quantitative estimate of drug-likeness (QED) is 0.710. The van der Waals surface area contributed by atoms with Gasteiger partial charge in [0.15, 0.2) is 0 Å². The van der Waals surface area contributed by atoms with E-state index in [9.17, 15) is 9.90 Å². The van der Waals surface area contributed by atoms with Crippen LogP contribution in [0.5, 0.6) is 5.75 Å². The van der Waals surface area contributed by atoms with Gasteiger partial charge >= 0.3 is 0 Å². The number of hydrogen-bond donors (Lipinski definition) is 2. The van der Waals surface area contributed by atoms with Crippen LogP contribution >= 0.6 is 0 Å². The molecule has 1 fully saturated rings. The van der Waals surface area contributed by atoms with Crippen molar-refractivity contribution < 1.29 is 14.6 Å². The molecule has 0 aliphatic heterocycles. The number of hydrogen-bond acceptors (Lipinski definition) is 4. The lowest BCUT2D eigenvalue weighted by molar-refractivity contribution is -0.122. The maximum Gasteiger partial charge on any atom is 0.234 e. The second kappa shape index (κ2) is 8.76. The van der Waals surface area contributed by atoms with Crippen LogP contribution in [0.25, 0.3) is 0 Å². The fourth-order valence-electron chi connectivity index (χ4n) is 2.87. The van der Waals surface area contributed by atoms with Crippen molar-refractivity contribution in [1.82, 2.24) is 10.2 Å². The minimum atomic E-state index is -0.204. The van der Waals surface area contributed by atoms with E-state index in [0.717, 1.165) is 31.6 Å². The van der Waals surface area contributed by atoms with Crippen LogP contribution in [-0.4, -0.2) is 55.3 Å². The minimum absolute atomic E-state index is 0.00773. The van der Waals surface area contributed by atoms with Crippen LogP contribution in [0, 0.1) is 5.92 Å². The minimum Gasteiger partial charge on any atom is -0.492 e. The molecule has 2 N–H and O–H groups in total. The number of aliphatic hydroxyl groups excluding tert-OH is 1. The Morgan fingerprint density at radius 3 is 2.82 bits per heavy atom. The predicted octanol–water partition coefficient (Wildman–Crippen LogP) is 1.27. The molecule has 5 heteroatoms. The molecule has 1 aliphatic rings. The summed E-state index contributed by atoms with van der Waals surface area (Å²) in [6.07, 6.45) is 2.83. The highest BCUT2D eigenvalue weighted by molar-refractivity contribution is 5.77. The zero-order valence-electron chi connectivity index (χ0n) is 13.2. The van der Waals surface area contributed by atoms with Gasteiger partial charge in [-0.25, -0.2) is 0 Å². The second-order valence-corrected chi connectivity index (χ2v) is 5.97. The van der Waals surface area contributed by atoms with Gasteiger partial charge in [0.25, 0.3) is 0 Å². The van der Waals surface area contributed by atoms with Gasteiger partial charge in [-0.1, -0.05) is 24.6 Å². The Morgan fingerprint density at radius 1 is 1.36 bits per heavy atom. The van der Waals surface area contributed by atoms with E-state index in [0.29, 0.717) is 25.6 Å². The number of nitrogens with zero attached hydrogens (tertiary/aromatic N) is 1. The fourth-order valence-corrected chi connectivity index (χ4v) is 2.87. The summed E-state index contributed by atoms with van der Waals surface area (Å²) in [5.41, 5.74) is 0. The maximum absolute atomic E-state index is 11.8. The summed E-state index contributed by atoms with van der Waals surface area (Å²) in [7, 11) is 1.92. The smallest absolute Gasteiger partial charge is 0.234 e. The third-order valence-corrected chi connectivity index (χ3v) is 4.01. The first kappa shape index (κ1) is 16.8. The topological polar surface area (TPSA) is 61.8 Å². The predicted molar refractivity (Wildman–Crippen MR) is 85.8 cm³/mol. The van der Waals surface area contributed by atoms with Gasteiger partial charge in [0.1, 0.15) is 12.4 Å². The summed E-state index contributed by atoms with van der Waals surface area (Å²) in [6, 6.07) is 9.55. The molecule has 22 heavy (non-hydrogen) atoms. The third-order valence-electron chi connectivity index (χ3n) is 4.01. The van der Waals surface area contributed by atoms with Gasteiger partial charge in [-0.3, -0.25) is 9.69 Å². The molecule has 0 saturated heterocycles. The average Bonchev–Trinajstić information content (AvgIpc) is 2.90. The zero-order chi connectivity index (χ0) is 15.8. The molecule has 0 spiro atoms. The van der Waals surface area contributed by atoms with Crippen molar-refractivity contribution in [2.45, 2.75) is 25.4 Å². The molecule has 0 radical (unpaired) electrons. The molecule has 1 aromatic carbocycles. The molecule has 1 aromatic rings. The number of rotatable bonds is 8. The molecule has 1 aliphatic carbocycles. The van der Waals surface area contributed by atoms with Crippen LogP contribution in [-0.2, 0) is 4.79 Å². The third kappa shape index (κ3) is 5.66. The first-order valence-corrected chi connectivity index (χ1v) is 7.96. The van der Waals surface area contributed by atoms with E-state index in [1.54, 1.807) is 0 Å². The number of benzene rings is 1. The summed E-state index contributed by atoms with van der Waals surface area (Å²) < 4.78 is 5.52. The van der Waals surface area contributed by atoms with Crippen LogP contribution < -0.4 is 10.1 Å². The van der Waals surface area contributed by atoms with Gasteiger partial charge in [0, 0.05) is 6.54 Å². The van der Waals surface area contributed by atoms with Crippen molar-refractivity contribution in [1.29, 1.82) is 0 Å². The summed E-state index contributed by atoms with van der Waals surface area (Å²) in [5, 5.41) is 12.7. The molecule has 0 aromatic heterocycles. The Kier molecular flexibility index (Phi) is 6.68. The largest absolute Gasteiger partial charge is 0.492 e. The van der Waals surface area contributed by atoms with Crippen LogP contribution in [0.1, 0.15) is 19.3 Å². The van der Waals surface area contributed by atoms with Crippen LogP contribution in [0.3, 0.4) is 0 Å². The first-order chi connectivity index (χ1) is 10.6. The fraction of sp³-hybridized carbons (Fsp3) is 0.588. The standard InChI is InChI=1S/C17H26N2O3/c1-19(12-14-6-5-9-16(14)20)13-17(21)18-10-11-22-15-7-3-2-4-8-15/h2-4,7-8,14,16,20H,5-6,9-13H2,1H3,(H,18,21). The average molecular weight is 306 g/mol. The number of aliphatic hydroxyl groups is 1. The number of likely N-dealkylation sites (N-methyl/N-ethyl adjacent to an activating group) is 1. The van der Waals surface area contributed by atoms with Crippen molar-refractivity contribution in [3.05, 3.63) is 30.3 Å². The second-order valence-electron chi connectivity index (χ2n) is 5.97. The first-order valence-electron chi connectivity index (χ1n) is 7.96. The molecule has 2 unspecified atom stereocenters. The highest BCUT2D eigenvalue weighted by Gasteiger charge is 2.26. The number of carbonyl (C=O) groups excluding carboxylic acids is 1. The number of ether oxygens (including phenoxy) is 1. The molecule has 1 amide bonds. The van der Waals surface area contributed by atoms with Crippen LogP contribution in [0.4, 0.5) is 0 Å². The van der Waals surface area contributed by atoms with E-state index in [4.69, 9.17) is 4.74 Å². The summed E-state index contributed by atoms with van der Waals surface area (Å²) in [4.78, 5) is 13.8. The molecule has 2 atom stereocenters. The number of para-hydroxylation sites is 1. The van der Waals surface area contributed by atoms with E-state index in [2.05, 4.69) is 5.32 Å². The SMILES string of the molecule is CN(CC(=O)NCCOc1ccccc1)CC1CCCC1O. The normalized spacial score (nSPS) is 21.0. The van der Waals surface area contributed by atoms with Gasteiger partial charge < -0.3 is 15.2 Å². The number of carbonyl (C=O) groups is 1. The summed E-state index contributed by atoms with van der Waals surface area (Å²) >= 11 is 0. The van der Waals surface area contributed by atoms with E-state index >= 15 is 0 Å². The molecule has 1 saturated carbocycles. The van der Waals surface area contributed by atoms with Gasteiger partial charge in [0.05, 0.1) is 19.2 Å². The van der Waals surface area contributed by atoms with E-state index in [1.165, 1.54) is 0 Å². The lowest BCUT2D eigenvalue weighted by atomic mass is 10.1. The zero-order valence-corrected chi connectivity index (χ0v) is 13.2. The summed E-state index contributed by atoms with van der Waals surface area (Å²) in [6.45, 7) is 2.08. The van der Waals surface area contributed by atoms with E-state index in [1.807, 2.05) is 42.3 Å². The Morgan fingerprint density at radius 2 is 2.14 bits per heavy atom. The van der Waals surface area contributed by atoms with Gasteiger partial charge in [0.2, 0.25) is 5.91 Å². The van der Waals surface area contributed by atoms with Crippen molar-refractivity contribution >= 4 is 5.91 Å². The number of nitrogens with one attached hydrogen (secondary N) is 1. The van der Waals surface area contributed by atoms with Gasteiger partial charge in [-0.05, 0) is 37.9 Å². The lowest BCUT2D eigenvalue weighted by Crippen LogP contribution is -2.39. The monoisotopic (exact) mass is 306 g/mol. The molecule has 0 bridgehead atoms. The molecule has 122 valence electrons. The summed E-state index contributed by atoms with van der Waals surface area (Å²) in [5.74, 6) is 1.11. The van der Waals surface area contributed by atoms with Crippen molar-refractivity contribution in [2.75, 3.05) is 33.3 Å². The molecule has 5 nitrogen and oxygen atoms in total. The molecular formula is C17H26N2O3. The van der Waals surface area contributed by atoms with Gasteiger partial charge in [-0.15, -0.1) is 0 Å². The van der Waals surface area contributed by atoms with E-state index < -0.39 is 0 Å². The van der Waals surface area contributed by atoms with Crippen molar-refractivity contribution in [3.63, 3.8) is 0 Å². The Hall–Kier alpha value is -1.59. The molecule has 0 heterocycles. The highest BCUT2D eigenvalue weighted by atomic mass is 16.5. The Labute approximate surface area is 132 Å². The van der Waals surface area contributed by atoms with E-state index in [-0.39, 0.29) is 12.0 Å². The number of amides is 1. The molecular weight excluding hydrogens is 280 g/mol.